The Kier molecular flexibility index (Phi) is 4.99. The Morgan fingerprint density at radius 1 is 1.17 bits per heavy atom. The molecule has 6 heteroatoms. The highest BCUT2D eigenvalue weighted by atomic mass is 16.2. The van der Waals surface area contributed by atoms with Crippen LogP contribution in [0, 0.1) is 13.8 Å². The van der Waals surface area contributed by atoms with Crippen LogP contribution in [0.25, 0.3) is 0 Å². The molecule has 0 radical (unpaired) electrons. The molecular formula is C17H29N5O. The van der Waals surface area contributed by atoms with Gasteiger partial charge >= 0.3 is 0 Å². The molecule has 1 aromatic heterocycles. The molecule has 0 unspecified atom stereocenters. The van der Waals surface area contributed by atoms with Crippen LogP contribution < -0.4 is 0 Å². The molecule has 23 heavy (non-hydrogen) atoms. The first-order valence-corrected chi connectivity index (χ1v) is 9.02. The number of hydrogen-bond donors (Lipinski definition) is 0. The summed E-state index contributed by atoms with van der Waals surface area (Å²) >= 11 is 0. The highest BCUT2D eigenvalue weighted by molar-refractivity contribution is 5.82. The minimum Gasteiger partial charge on any atom is -0.339 e. The van der Waals surface area contributed by atoms with Crippen molar-refractivity contribution in [2.75, 3.05) is 26.2 Å². The molecule has 3 rings (SSSR count). The summed E-state index contributed by atoms with van der Waals surface area (Å²) in [5.74, 6) is 2.09. The van der Waals surface area contributed by atoms with Gasteiger partial charge in [-0.15, -0.1) is 0 Å². The summed E-state index contributed by atoms with van der Waals surface area (Å²) < 4.78 is 2.02. The van der Waals surface area contributed by atoms with Gasteiger partial charge < -0.3 is 4.90 Å². The van der Waals surface area contributed by atoms with Gasteiger partial charge in [0.1, 0.15) is 11.6 Å². The Labute approximate surface area is 138 Å². The largest absolute Gasteiger partial charge is 0.339 e. The third-order valence-electron chi connectivity index (χ3n) is 5.27. The number of likely N-dealkylation sites (tertiary alicyclic amines) is 2. The van der Waals surface area contributed by atoms with Crippen LogP contribution in [0.2, 0.25) is 0 Å². The van der Waals surface area contributed by atoms with Crippen molar-refractivity contribution in [1.82, 2.24) is 24.6 Å². The highest BCUT2D eigenvalue weighted by Gasteiger charge is 2.34. The summed E-state index contributed by atoms with van der Waals surface area (Å²) in [6.07, 6.45) is 5.53. The van der Waals surface area contributed by atoms with E-state index in [-0.39, 0.29) is 12.1 Å². The van der Waals surface area contributed by atoms with Crippen LogP contribution in [0.3, 0.4) is 0 Å². The normalized spacial score (nSPS) is 26.5. The maximum atomic E-state index is 13.0. The zero-order valence-corrected chi connectivity index (χ0v) is 14.7. The summed E-state index contributed by atoms with van der Waals surface area (Å²) in [7, 11) is 0. The van der Waals surface area contributed by atoms with E-state index in [4.69, 9.17) is 0 Å². The Balaban J connectivity index is 1.70. The number of aryl methyl sites for hydroxylation is 2. The maximum Gasteiger partial charge on any atom is 0.239 e. The summed E-state index contributed by atoms with van der Waals surface area (Å²) in [5, 5.41) is 4.53. The van der Waals surface area contributed by atoms with E-state index in [1.54, 1.807) is 0 Å². The molecule has 0 saturated carbocycles. The van der Waals surface area contributed by atoms with Crippen molar-refractivity contribution in [2.24, 2.45) is 0 Å². The number of likely N-dealkylation sites (N-methyl/N-ethyl adjacent to an activating group) is 1. The van der Waals surface area contributed by atoms with Crippen LogP contribution in [0.4, 0.5) is 0 Å². The van der Waals surface area contributed by atoms with Gasteiger partial charge in [-0.2, -0.15) is 5.10 Å². The van der Waals surface area contributed by atoms with E-state index in [0.29, 0.717) is 5.91 Å². The van der Waals surface area contributed by atoms with E-state index < -0.39 is 0 Å². The average Bonchev–Trinajstić information content (AvgIpc) is 2.92. The fraction of sp³-hybridized carbons (Fsp3) is 0.824. The average molecular weight is 319 g/mol. The van der Waals surface area contributed by atoms with Crippen LogP contribution in [-0.2, 0) is 4.79 Å². The van der Waals surface area contributed by atoms with Crippen LogP contribution in [-0.4, -0.2) is 62.7 Å². The number of carbonyl (C=O) groups is 1. The fourth-order valence-electron chi connectivity index (χ4n) is 4.10. The minimum absolute atomic E-state index is 0.0890. The van der Waals surface area contributed by atoms with Crippen LogP contribution >= 0.6 is 0 Å². The van der Waals surface area contributed by atoms with Crippen molar-refractivity contribution in [3.05, 3.63) is 11.6 Å². The van der Waals surface area contributed by atoms with Crippen LogP contribution in [0.1, 0.15) is 56.7 Å². The molecule has 2 atom stereocenters. The highest BCUT2D eigenvalue weighted by Crippen LogP contribution is 2.25. The summed E-state index contributed by atoms with van der Waals surface area (Å²) in [6.45, 7) is 9.77. The zero-order chi connectivity index (χ0) is 16.4. The van der Waals surface area contributed by atoms with Crippen molar-refractivity contribution in [3.63, 3.8) is 0 Å². The SMILES string of the molecule is CCN1CCCC[C@H]1C(=O)N1CCC[C@@H](n2nc(C)nc2C)C1. The summed E-state index contributed by atoms with van der Waals surface area (Å²) in [4.78, 5) is 21.9. The number of aromatic nitrogens is 3. The molecule has 2 aliphatic heterocycles. The Morgan fingerprint density at radius 3 is 2.70 bits per heavy atom. The molecule has 0 bridgehead atoms. The first-order valence-electron chi connectivity index (χ1n) is 9.02. The van der Waals surface area contributed by atoms with Crippen molar-refractivity contribution < 1.29 is 4.79 Å². The van der Waals surface area contributed by atoms with Crippen LogP contribution in [0.5, 0.6) is 0 Å². The lowest BCUT2D eigenvalue weighted by Gasteiger charge is -2.40. The summed E-state index contributed by atoms with van der Waals surface area (Å²) in [6, 6.07) is 0.360. The van der Waals surface area contributed by atoms with Crippen molar-refractivity contribution in [2.45, 2.75) is 65.0 Å². The van der Waals surface area contributed by atoms with Crippen molar-refractivity contribution >= 4 is 5.91 Å². The number of hydrogen-bond acceptors (Lipinski definition) is 4. The van der Waals surface area contributed by atoms with Gasteiger partial charge in [-0.3, -0.25) is 9.69 Å². The Morgan fingerprint density at radius 2 is 2.00 bits per heavy atom. The number of piperidine rings is 2. The maximum absolute atomic E-state index is 13.0. The minimum atomic E-state index is 0.0890. The van der Waals surface area contributed by atoms with Gasteiger partial charge in [0.2, 0.25) is 5.91 Å². The molecule has 2 saturated heterocycles. The lowest BCUT2D eigenvalue weighted by molar-refractivity contribution is -0.140. The van der Waals surface area contributed by atoms with Gasteiger partial charge in [0.15, 0.2) is 0 Å². The quantitative estimate of drug-likeness (QED) is 0.854. The predicted molar refractivity (Wildman–Crippen MR) is 89.2 cm³/mol. The number of amides is 1. The topological polar surface area (TPSA) is 54.3 Å². The first kappa shape index (κ1) is 16.4. The van der Waals surface area contributed by atoms with Gasteiger partial charge in [0.25, 0.3) is 0 Å². The van der Waals surface area contributed by atoms with Gasteiger partial charge in [-0.05, 0) is 52.6 Å². The predicted octanol–water partition coefficient (Wildman–Crippen LogP) is 1.93. The second kappa shape index (κ2) is 6.99. The molecule has 2 aliphatic rings. The summed E-state index contributed by atoms with van der Waals surface area (Å²) in [5.41, 5.74) is 0. The molecule has 0 N–H and O–H groups in total. The monoisotopic (exact) mass is 319 g/mol. The fourth-order valence-corrected chi connectivity index (χ4v) is 4.10. The zero-order valence-electron chi connectivity index (χ0n) is 14.7. The molecule has 0 spiro atoms. The Bertz CT molecular complexity index is 555. The van der Waals surface area contributed by atoms with E-state index in [2.05, 4.69) is 26.8 Å². The second-order valence-corrected chi connectivity index (χ2v) is 6.87. The standard InChI is InChI=1S/C17H29N5O/c1-4-20-10-6-5-9-16(20)17(23)21-11-7-8-15(12-21)22-14(3)18-13(2)19-22/h15-16H,4-12H2,1-3H3/t15-,16+/m1/s1. The van der Waals surface area contributed by atoms with Gasteiger partial charge in [-0.1, -0.05) is 13.3 Å². The van der Waals surface area contributed by atoms with Gasteiger partial charge in [0, 0.05) is 13.1 Å². The Hall–Kier alpha value is -1.43. The van der Waals surface area contributed by atoms with E-state index >= 15 is 0 Å². The number of rotatable bonds is 3. The second-order valence-electron chi connectivity index (χ2n) is 6.87. The van der Waals surface area contributed by atoms with Gasteiger partial charge in [0.05, 0.1) is 12.1 Å². The van der Waals surface area contributed by atoms with Crippen molar-refractivity contribution in [1.29, 1.82) is 0 Å². The van der Waals surface area contributed by atoms with Crippen molar-refractivity contribution in [3.8, 4) is 0 Å². The smallest absolute Gasteiger partial charge is 0.239 e. The third-order valence-corrected chi connectivity index (χ3v) is 5.27. The number of carbonyl (C=O) groups excluding carboxylic acids is 1. The van der Waals surface area contributed by atoms with E-state index in [1.165, 1.54) is 12.8 Å². The molecule has 1 amide bonds. The lowest BCUT2D eigenvalue weighted by atomic mass is 9.98. The molecule has 3 heterocycles. The lowest BCUT2D eigenvalue weighted by Crippen LogP contribution is -2.53. The molecule has 2 fully saturated rings. The molecule has 128 valence electrons. The number of nitrogens with zero attached hydrogens (tertiary/aromatic N) is 5. The molecule has 1 aromatic rings. The first-order chi connectivity index (χ1) is 11.1. The molecular weight excluding hydrogens is 290 g/mol. The molecule has 6 nitrogen and oxygen atoms in total. The molecule has 0 aromatic carbocycles. The van der Waals surface area contributed by atoms with E-state index in [0.717, 1.165) is 57.1 Å². The van der Waals surface area contributed by atoms with Crippen LogP contribution in [0.15, 0.2) is 0 Å². The van der Waals surface area contributed by atoms with E-state index in [1.807, 2.05) is 18.5 Å². The van der Waals surface area contributed by atoms with E-state index in [9.17, 15) is 4.79 Å². The van der Waals surface area contributed by atoms with Gasteiger partial charge in [-0.25, -0.2) is 9.67 Å². The third kappa shape index (κ3) is 3.42. The molecule has 0 aliphatic carbocycles.